The van der Waals surface area contributed by atoms with Crippen LogP contribution in [0, 0.1) is 0 Å². The molecule has 2 rings (SSSR count). The summed E-state index contributed by atoms with van der Waals surface area (Å²) in [5.74, 6) is 0. The van der Waals surface area contributed by atoms with Crippen LogP contribution in [0.15, 0.2) is 17.3 Å². The second-order valence-corrected chi connectivity index (χ2v) is 5.33. The molecule has 0 radical (unpaired) electrons. The largest absolute Gasteiger partial charge is 0.315 e. The highest BCUT2D eigenvalue weighted by molar-refractivity contribution is 7.89. The zero-order chi connectivity index (χ0) is 10.7. The summed E-state index contributed by atoms with van der Waals surface area (Å²) < 4.78 is 25.5. The zero-order valence-corrected chi connectivity index (χ0v) is 9.13. The van der Waals surface area contributed by atoms with E-state index in [4.69, 9.17) is 0 Å². The molecule has 0 atom stereocenters. The number of nitrogens with one attached hydrogen (secondary N) is 2. The molecule has 1 aromatic rings. The van der Waals surface area contributed by atoms with Gasteiger partial charge in [0.2, 0.25) is 0 Å². The average molecular weight is 230 g/mol. The lowest BCUT2D eigenvalue weighted by Crippen LogP contribution is -2.34. The minimum atomic E-state index is -3.37. The SMILES string of the molecule is O=S(=O)(c1ccn[nH]1)N1CCCNCC1. The first-order chi connectivity index (χ1) is 7.21. The number of hydrogen-bond donors (Lipinski definition) is 2. The Bertz CT molecular complexity index is 392. The van der Waals surface area contributed by atoms with Gasteiger partial charge in [0.1, 0.15) is 0 Å². The number of aromatic amines is 1. The van der Waals surface area contributed by atoms with Crippen molar-refractivity contribution in [3.63, 3.8) is 0 Å². The second kappa shape index (κ2) is 4.30. The molecule has 0 unspecified atom stereocenters. The Morgan fingerprint density at radius 1 is 1.33 bits per heavy atom. The molecule has 0 spiro atoms. The zero-order valence-electron chi connectivity index (χ0n) is 8.31. The van der Waals surface area contributed by atoms with Crippen molar-refractivity contribution in [3.05, 3.63) is 12.3 Å². The van der Waals surface area contributed by atoms with Gasteiger partial charge in [-0.05, 0) is 19.0 Å². The van der Waals surface area contributed by atoms with E-state index in [2.05, 4.69) is 15.5 Å². The fourth-order valence-corrected chi connectivity index (χ4v) is 2.97. The van der Waals surface area contributed by atoms with Gasteiger partial charge in [0.15, 0.2) is 5.03 Å². The number of rotatable bonds is 2. The second-order valence-electron chi connectivity index (χ2n) is 3.43. The molecule has 84 valence electrons. The lowest BCUT2D eigenvalue weighted by molar-refractivity contribution is 0.429. The van der Waals surface area contributed by atoms with Crippen LogP contribution in [0.3, 0.4) is 0 Å². The van der Waals surface area contributed by atoms with Crippen LogP contribution < -0.4 is 5.32 Å². The molecular formula is C8H14N4O2S. The molecule has 15 heavy (non-hydrogen) atoms. The van der Waals surface area contributed by atoms with Crippen molar-refractivity contribution in [2.24, 2.45) is 0 Å². The third-order valence-electron chi connectivity index (χ3n) is 2.39. The first kappa shape index (κ1) is 10.6. The maximum absolute atomic E-state index is 12.0. The summed E-state index contributed by atoms with van der Waals surface area (Å²) in [5.41, 5.74) is 0. The highest BCUT2D eigenvalue weighted by Crippen LogP contribution is 2.12. The summed E-state index contributed by atoms with van der Waals surface area (Å²) in [6.07, 6.45) is 2.29. The standard InChI is InChI=1S/C8H14N4O2S/c13-15(14,8-2-4-10-11-8)12-6-1-3-9-5-7-12/h2,4,9H,1,3,5-7H2,(H,10,11). The van der Waals surface area contributed by atoms with Gasteiger partial charge in [-0.2, -0.15) is 9.40 Å². The Morgan fingerprint density at radius 2 is 2.20 bits per heavy atom. The third kappa shape index (κ3) is 2.19. The number of hydrogen-bond acceptors (Lipinski definition) is 4. The van der Waals surface area contributed by atoms with Crippen molar-refractivity contribution in [2.45, 2.75) is 11.4 Å². The van der Waals surface area contributed by atoms with Crippen LogP contribution in [-0.4, -0.2) is 49.1 Å². The van der Waals surface area contributed by atoms with Gasteiger partial charge < -0.3 is 5.32 Å². The first-order valence-corrected chi connectivity index (χ1v) is 6.35. The summed E-state index contributed by atoms with van der Waals surface area (Å²) in [6, 6.07) is 1.48. The molecule has 7 heteroatoms. The van der Waals surface area contributed by atoms with E-state index in [1.165, 1.54) is 16.6 Å². The number of aromatic nitrogens is 2. The van der Waals surface area contributed by atoms with Crippen LogP contribution >= 0.6 is 0 Å². The fraction of sp³-hybridized carbons (Fsp3) is 0.625. The molecule has 0 aliphatic carbocycles. The third-order valence-corrected chi connectivity index (χ3v) is 4.22. The van der Waals surface area contributed by atoms with Crippen LogP contribution in [0.1, 0.15) is 6.42 Å². The number of sulfonamides is 1. The number of nitrogens with zero attached hydrogens (tertiary/aromatic N) is 2. The molecule has 0 aromatic carbocycles. The van der Waals surface area contributed by atoms with E-state index in [-0.39, 0.29) is 5.03 Å². The molecule has 0 saturated carbocycles. The molecule has 6 nitrogen and oxygen atoms in total. The highest BCUT2D eigenvalue weighted by atomic mass is 32.2. The van der Waals surface area contributed by atoms with Crippen LogP contribution in [0.2, 0.25) is 0 Å². The van der Waals surface area contributed by atoms with Gasteiger partial charge in [-0.15, -0.1) is 0 Å². The molecule has 1 aliphatic heterocycles. The quantitative estimate of drug-likeness (QED) is 0.710. The highest BCUT2D eigenvalue weighted by Gasteiger charge is 2.25. The number of H-pyrrole nitrogens is 1. The molecule has 0 bridgehead atoms. The summed E-state index contributed by atoms with van der Waals surface area (Å²) in [6.45, 7) is 2.65. The monoisotopic (exact) mass is 230 g/mol. The van der Waals surface area contributed by atoms with E-state index >= 15 is 0 Å². The van der Waals surface area contributed by atoms with Crippen LogP contribution in [0.4, 0.5) is 0 Å². The van der Waals surface area contributed by atoms with E-state index in [9.17, 15) is 8.42 Å². The lowest BCUT2D eigenvalue weighted by Gasteiger charge is -2.17. The maximum atomic E-state index is 12.0. The molecule has 1 saturated heterocycles. The summed E-state index contributed by atoms with van der Waals surface area (Å²) >= 11 is 0. The predicted molar refractivity (Wildman–Crippen MR) is 54.8 cm³/mol. The van der Waals surface area contributed by atoms with Crippen molar-refractivity contribution in [1.29, 1.82) is 0 Å². The van der Waals surface area contributed by atoms with Gasteiger partial charge in [-0.25, -0.2) is 8.42 Å². The van der Waals surface area contributed by atoms with Gasteiger partial charge in [0, 0.05) is 19.6 Å². The molecule has 1 aliphatic rings. The molecule has 2 N–H and O–H groups in total. The Kier molecular flexibility index (Phi) is 3.03. The van der Waals surface area contributed by atoms with E-state index in [1.807, 2.05) is 0 Å². The Labute approximate surface area is 88.7 Å². The Morgan fingerprint density at radius 3 is 2.93 bits per heavy atom. The summed E-state index contributed by atoms with van der Waals surface area (Å²) in [5, 5.41) is 9.49. The van der Waals surface area contributed by atoms with Gasteiger partial charge in [0.25, 0.3) is 10.0 Å². The van der Waals surface area contributed by atoms with E-state index in [0.717, 1.165) is 13.0 Å². The van der Waals surface area contributed by atoms with Gasteiger partial charge in [-0.1, -0.05) is 0 Å². The fourth-order valence-electron chi connectivity index (χ4n) is 1.59. The van der Waals surface area contributed by atoms with E-state index in [1.54, 1.807) is 0 Å². The Hall–Kier alpha value is -0.920. The van der Waals surface area contributed by atoms with Crippen molar-refractivity contribution in [2.75, 3.05) is 26.2 Å². The molecule has 1 fully saturated rings. The smallest absolute Gasteiger partial charge is 0.260 e. The molecular weight excluding hydrogens is 216 g/mol. The molecule has 1 aromatic heterocycles. The van der Waals surface area contributed by atoms with Crippen LogP contribution in [0.5, 0.6) is 0 Å². The topological polar surface area (TPSA) is 78.1 Å². The van der Waals surface area contributed by atoms with Gasteiger partial charge in [-0.3, -0.25) is 5.10 Å². The summed E-state index contributed by atoms with van der Waals surface area (Å²) in [4.78, 5) is 0. The minimum absolute atomic E-state index is 0.171. The van der Waals surface area contributed by atoms with E-state index < -0.39 is 10.0 Å². The van der Waals surface area contributed by atoms with Crippen molar-refractivity contribution in [1.82, 2.24) is 19.8 Å². The first-order valence-electron chi connectivity index (χ1n) is 4.91. The summed E-state index contributed by atoms with van der Waals surface area (Å²) in [7, 11) is -3.37. The van der Waals surface area contributed by atoms with Crippen molar-refractivity contribution in [3.8, 4) is 0 Å². The van der Waals surface area contributed by atoms with E-state index in [0.29, 0.717) is 19.6 Å². The predicted octanol–water partition coefficient (Wildman–Crippen LogP) is -0.606. The average Bonchev–Trinajstić information content (AvgIpc) is 2.61. The van der Waals surface area contributed by atoms with Crippen molar-refractivity contribution >= 4 is 10.0 Å². The lowest BCUT2D eigenvalue weighted by atomic mass is 10.4. The Balaban J connectivity index is 2.21. The van der Waals surface area contributed by atoms with Crippen molar-refractivity contribution < 1.29 is 8.42 Å². The van der Waals surface area contributed by atoms with Crippen LogP contribution in [-0.2, 0) is 10.0 Å². The minimum Gasteiger partial charge on any atom is -0.315 e. The molecule has 2 heterocycles. The maximum Gasteiger partial charge on any atom is 0.260 e. The molecule has 0 amide bonds. The van der Waals surface area contributed by atoms with Gasteiger partial charge in [0.05, 0.1) is 6.20 Å². The van der Waals surface area contributed by atoms with Crippen LogP contribution in [0.25, 0.3) is 0 Å². The van der Waals surface area contributed by atoms with Gasteiger partial charge >= 0.3 is 0 Å². The normalized spacial score (nSPS) is 20.0.